The van der Waals surface area contributed by atoms with Crippen molar-refractivity contribution in [2.75, 3.05) is 10.6 Å². The van der Waals surface area contributed by atoms with E-state index in [-0.39, 0.29) is 11.8 Å². The van der Waals surface area contributed by atoms with Crippen LogP contribution >= 0.6 is 0 Å². The standard InChI is InChI=1S/C19H17N3O2/c1-12-15(20-13(2)23)8-5-9-16(12)22-19(24)18-11-10-14-6-3-4-7-17(14)21-18/h3-11H,1-2H3,(H,20,23)(H,22,24). The van der Waals surface area contributed by atoms with Gasteiger partial charge in [-0.05, 0) is 36.8 Å². The molecule has 2 N–H and O–H groups in total. The highest BCUT2D eigenvalue weighted by atomic mass is 16.2. The van der Waals surface area contributed by atoms with Gasteiger partial charge in [0, 0.05) is 23.7 Å². The molecule has 0 bridgehead atoms. The lowest BCUT2D eigenvalue weighted by molar-refractivity contribution is -0.114. The van der Waals surface area contributed by atoms with Crippen LogP contribution in [0, 0.1) is 6.92 Å². The number of nitrogens with one attached hydrogen (secondary N) is 2. The number of carbonyl (C=O) groups excluding carboxylic acids is 2. The molecule has 0 fully saturated rings. The maximum atomic E-state index is 12.5. The second kappa shape index (κ2) is 6.50. The van der Waals surface area contributed by atoms with Crippen molar-refractivity contribution in [2.45, 2.75) is 13.8 Å². The molecule has 1 heterocycles. The van der Waals surface area contributed by atoms with Crippen LogP contribution in [0.2, 0.25) is 0 Å². The Bertz CT molecular complexity index is 935. The molecule has 120 valence electrons. The van der Waals surface area contributed by atoms with Gasteiger partial charge >= 0.3 is 0 Å². The molecule has 0 saturated carbocycles. The second-order valence-electron chi connectivity index (χ2n) is 5.50. The zero-order chi connectivity index (χ0) is 17.1. The first kappa shape index (κ1) is 15.7. The Kier molecular flexibility index (Phi) is 4.24. The molecule has 0 aliphatic rings. The van der Waals surface area contributed by atoms with Crippen LogP contribution in [-0.2, 0) is 4.79 Å². The number of fused-ring (bicyclic) bond motifs is 1. The van der Waals surface area contributed by atoms with Crippen molar-refractivity contribution >= 4 is 34.1 Å². The molecule has 2 amide bonds. The number of nitrogens with zero attached hydrogens (tertiary/aromatic N) is 1. The van der Waals surface area contributed by atoms with Crippen molar-refractivity contribution in [3.63, 3.8) is 0 Å². The summed E-state index contributed by atoms with van der Waals surface area (Å²) in [5.74, 6) is -0.443. The summed E-state index contributed by atoms with van der Waals surface area (Å²) >= 11 is 0. The van der Waals surface area contributed by atoms with E-state index < -0.39 is 0 Å². The van der Waals surface area contributed by atoms with Gasteiger partial charge in [-0.1, -0.05) is 30.3 Å². The van der Waals surface area contributed by atoms with Gasteiger partial charge in [-0.2, -0.15) is 0 Å². The third kappa shape index (κ3) is 3.25. The van der Waals surface area contributed by atoms with Crippen LogP contribution < -0.4 is 10.6 Å². The number of para-hydroxylation sites is 1. The van der Waals surface area contributed by atoms with Crippen LogP contribution in [0.1, 0.15) is 23.0 Å². The SMILES string of the molecule is CC(=O)Nc1cccc(NC(=O)c2ccc3ccccc3n2)c1C. The normalized spacial score (nSPS) is 10.4. The summed E-state index contributed by atoms with van der Waals surface area (Å²) in [6, 6.07) is 16.6. The van der Waals surface area contributed by atoms with Crippen molar-refractivity contribution in [2.24, 2.45) is 0 Å². The van der Waals surface area contributed by atoms with E-state index in [1.807, 2.05) is 37.3 Å². The summed E-state index contributed by atoms with van der Waals surface area (Å²) in [6.45, 7) is 3.29. The van der Waals surface area contributed by atoms with Gasteiger partial charge in [0.1, 0.15) is 5.69 Å². The highest BCUT2D eigenvalue weighted by Gasteiger charge is 2.12. The second-order valence-corrected chi connectivity index (χ2v) is 5.50. The molecule has 3 aromatic rings. The van der Waals surface area contributed by atoms with Crippen LogP contribution in [0.25, 0.3) is 10.9 Å². The zero-order valence-electron chi connectivity index (χ0n) is 13.5. The number of aromatic nitrogens is 1. The lowest BCUT2D eigenvalue weighted by Gasteiger charge is -2.12. The molecule has 5 heteroatoms. The topological polar surface area (TPSA) is 71.1 Å². The van der Waals surface area contributed by atoms with E-state index >= 15 is 0 Å². The molecule has 0 atom stereocenters. The highest BCUT2D eigenvalue weighted by molar-refractivity contribution is 6.05. The van der Waals surface area contributed by atoms with Crippen molar-refractivity contribution in [1.29, 1.82) is 0 Å². The van der Waals surface area contributed by atoms with E-state index in [9.17, 15) is 9.59 Å². The van der Waals surface area contributed by atoms with Gasteiger partial charge in [-0.25, -0.2) is 4.98 Å². The average Bonchev–Trinajstić information content (AvgIpc) is 2.57. The van der Waals surface area contributed by atoms with E-state index in [1.54, 1.807) is 24.3 Å². The summed E-state index contributed by atoms with van der Waals surface area (Å²) < 4.78 is 0. The van der Waals surface area contributed by atoms with Gasteiger partial charge in [0.2, 0.25) is 5.91 Å². The fourth-order valence-electron chi connectivity index (χ4n) is 2.47. The molecule has 2 aromatic carbocycles. The first-order valence-corrected chi connectivity index (χ1v) is 7.59. The Morgan fingerprint density at radius 2 is 1.58 bits per heavy atom. The van der Waals surface area contributed by atoms with Crippen LogP contribution in [0.3, 0.4) is 0 Å². The molecule has 1 aromatic heterocycles. The van der Waals surface area contributed by atoms with Gasteiger partial charge in [-0.15, -0.1) is 0 Å². The Hall–Kier alpha value is -3.21. The monoisotopic (exact) mass is 319 g/mol. The fraction of sp³-hybridized carbons (Fsp3) is 0.105. The maximum Gasteiger partial charge on any atom is 0.274 e. The van der Waals surface area contributed by atoms with Crippen LogP contribution in [0.5, 0.6) is 0 Å². The summed E-state index contributed by atoms with van der Waals surface area (Å²) in [4.78, 5) is 28.1. The number of hydrogen-bond donors (Lipinski definition) is 2. The van der Waals surface area contributed by atoms with Gasteiger partial charge in [0.05, 0.1) is 5.52 Å². The summed E-state index contributed by atoms with van der Waals surface area (Å²) in [7, 11) is 0. The largest absolute Gasteiger partial charge is 0.326 e. The molecular weight excluding hydrogens is 302 g/mol. The Morgan fingerprint density at radius 1 is 0.875 bits per heavy atom. The van der Waals surface area contributed by atoms with Gasteiger partial charge < -0.3 is 10.6 Å². The Morgan fingerprint density at radius 3 is 2.33 bits per heavy atom. The van der Waals surface area contributed by atoms with Crippen molar-refractivity contribution in [3.8, 4) is 0 Å². The smallest absolute Gasteiger partial charge is 0.274 e. The first-order valence-electron chi connectivity index (χ1n) is 7.59. The minimum absolute atomic E-state index is 0.155. The van der Waals surface area contributed by atoms with Crippen LogP contribution in [-0.4, -0.2) is 16.8 Å². The minimum Gasteiger partial charge on any atom is -0.326 e. The van der Waals surface area contributed by atoms with Gasteiger partial charge in [0.25, 0.3) is 5.91 Å². The average molecular weight is 319 g/mol. The molecule has 3 rings (SSSR count). The molecular formula is C19H17N3O2. The van der Waals surface area contributed by atoms with E-state index in [1.165, 1.54) is 6.92 Å². The molecule has 24 heavy (non-hydrogen) atoms. The molecule has 0 unspecified atom stereocenters. The van der Waals surface area contributed by atoms with Crippen molar-refractivity contribution in [1.82, 2.24) is 4.98 Å². The number of amides is 2. The molecule has 0 aliphatic heterocycles. The molecule has 0 spiro atoms. The molecule has 0 aliphatic carbocycles. The van der Waals surface area contributed by atoms with Gasteiger partial charge in [0.15, 0.2) is 0 Å². The van der Waals surface area contributed by atoms with E-state index in [0.717, 1.165) is 16.5 Å². The van der Waals surface area contributed by atoms with Crippen molar-refractivity contribution in [3.05, 3.63) is 65.9 Å². The van der Waals surface area contributed by atoms with E-state index in [0.29, 0.717) is 17.1 Å². The molecule has 5 nitrogen and oxygen atoms in total. The Balaban J connectivity index is 1.87. The summed E-state index contributed by atoms with van der Waals surface area (Å²) in [5, 5.41) is 6.58. The first-order chi connectivity index (χ1) is 11.5. The third-order valence-corrected chi connectivity index (χ3v) is 3.72. The number of rotatable bonds is 3. The zero-order valence-corrected chi connectivity index (χ0v) is 13.5. The van der Waals surface area contributed by atoms with Crippen LogP contribution in [0.4, 0.5) is 11.4 Å². The van der Waals surface area contributed by atoms with E-state index in [4.69, 9.17) is 0 Å². The summed E-state index contributed by atoms with van der Waals surface area (Å²) in [5.41, 5.74) is 3.22. The predicted molar refractivity (Wildman–Crippen MR) is 95.2 cm³/mol. The van der Waals surface area contributed by atoms with Crippen LogP contribution in [0.15, 0.2) is 54.6 Å². The maximum absolute atomic E-state index is 12.5. The highest BCUT2D eigenvalue weighted by Crippen LogP contribution is 2.24. The lowest BCUT2D eigenvalue weighted by atomic mass is 10.1. The Labute approximate surface area is 139 Å². The van der Waals surface area contributed by atoms with Gasteiger partial charge in [-0.3, -0.25) is 9.59 Å². The van der Waals surface area contributed by atoms with E-state index in [2.05, 4.69) is 15.6 Å². The number of anilines is 2. The fourth-order valence-corrected chi connectivity index (χ4v) is 2.47. The number of benzene rings is 2. The summed E-state index contributed by atoms with van der Waals surface area (Å²) in [6.07, 6.45) is 0. The lowest BCUT2D eigenvalue weighted by Crippen LogP contribution is -2.15. The minimum atomic E-state index is -0.288. The third-order valence-electron chi connectivity index (χ3n) is 3.72. The number of pyridine rings is 1. The molecule has 0 radical (unpaired) electrons. The number of hydrogen-bond acceptors (Lipinski definition) is 3. The molecule has 0 saturated heterocycles. The quantitative estimate of drug-likeness (QED) is 0.772. The number of carbonyl (C=O) groups is 2. The van der Waals surface area contributed by atoms with Crippen molar-refractivity contribution < 1.29 is 9.59 Å². The predicted octanol–water partition coefficient (Wildman–Crippen LogP) is 3.75.